The van der Waals surface area contributed by atoms with Crippen LogP contribution in [0.1, 0.15) is 35.9 Å². The maximum atomic E-state index is 13.7. The van der Waals surface area contributed by atoms with Crippen LogP contribution in [-0.2, 0) is 0 Å². The standard InChI is InChI=1S/C20H24FN3O/c1-3-23(4-2)12-13-24-19(15-8-7-9-16(21)14-15)22-18-11-6-5-10-17(18)20(24)25/h5-11,14,19,22H,3-4,12-13H2,1-2H3/t19-/m0/s1. The minimum absolute atomic E-state index is 0.0178. The number of likely N-dealkylation sites (N-methyl/N-ethyl adjacent to an activating group) is 1. The van der Waals surface area contributed by atoms with Gasteiger partial charge in [-0.1, -0.05) is 38.1 Å². The Morgan fingerprint density at radius 1 is 1.12 bits per heavy atom. The van der Waals surface area contributed by atoms with Crippen LogP contribution >= 0.6 is 0 Å². The number of nitrogens with zero attached hydrogens (tertiary/aromatic N) is 2. The Balaban J connectivity index is 1.93. The maximum absolute atomic E-state index is 13.7. The van der Waals surface area contributed by atoms with Crippen molar-refractivity contribution in [3.05, 3.63) is 65.5 Å². The van der Waals surface area contributed by atoms with Crippen LogP contribution in [0, 0.1) is 5.82 Å². The lowest BCUT2D eigenvalue weighted by Crippen LogP contribution is -2.46. The van der Waals surface area contributed by atoms with Crippen LogP contribution in [-0.4, -0.2) is 41.9 Å². The van der Waals surface area contributed by atoms with Crippen LogP contribution in [0.2, 0.25) is 0 Å². The zero-order valence-electron chi connectivity index (χ0n) is 14.7. The van der Waals surface area contributed by atoms with Crippen molar-refractivity contribution in [2.24, 2.45) is 0 Å². The molecule has 1 aliphatic heterocycles. The highest BCUT2D eigenvalue weighted by Crippen LogP contribution is 2.33. The van der Waals surface area contributed by atoms with Crippen molar-refractivity contribution < 1.29 is 9.18 Å². The Kier molecular flexibility index (Phi) is 5.34. The summed E-state index contributed by atoms with van der Waals surface area (Å²) in [5.74, 6) is -0.315. The molecule has 0 bridgehead atoms. The molecule has 3 rings (SSSR count). The van der Waals surface area contributed by atoms with Crippen molar-refractivity contribution in [1.29, 1.82) is 0 Å². The first-order valence-electron chi connectivity index (χ1n) is 8.78. The van der Waals surface area contributed by atoms with Gasteiger partial charge >= 0.3 is 0 Å². The number of para-hydroxylation sites is 1. The van der Waals surface area contributed by atoms with E-state index >= 15 is 0 Å². The van der Waals surface area contributed by atoms with E-state index in [9.17, 15) is 9.18 Å². The highest BCUT2D eigenvalue weighted by Gasteiger charge is 2.32. The molecule has 2 aromatic carbocycles. The maximum Gasteiger partial charge on any atom is 0.257 e. The van der Waals surface area contributed by atoms with Gasteiger partial charge in [-0.15, -0.1) is 0 Å². The zero-order valence-corrected chi connectivity index (χ0v) is 14.7. The van der Waals surface area contributed by atoms with Gasteiger partial charge in [0.15, 0.2) is 0 Å². The third-order valence-corrected chi connectivity index (χ3v) is 4.74. The number of hydrogen-bond acceptors (Lipinski definition) is 3. The van der Waals surface area contributed by atoms with Gasteiger partial charge in [-0.05, 0) is 42.9 Å². The van der Waals surface area contributed by atoms with E-state index in [1.807, 2.05) is 30.3 Å². The minimum atomic E-state index is -0.367. The van der Waals surface area contributed by atoms with Crippen LogP contribution in [0.4, 0.5) is 10.1 Å². The number of anilines is 1. The molecule has 1 aliphatic rings. The number of nitrogens with one attached hydrogen (secondary N) is 1. The molecule has 1 atom stereocenters. The third kappa shape index (κ3) is 3.66. The molecule has 1 heterocycles. The summed E-state index contributed by atoms with van der Waals surface area (Å²) < 4.78 is 13.7. The highest BCUT2D eigenvalue weighted by atomic mass is 19.1. The van der Waals surface area contributed by atoms with Crippen molar-refractivity contribution in [1.82, 2.24) is 9.80 Å². The number of carbonyl (C=O) groups is 1. The second-order valence-corrected chi connectivity index (χ2v) is 6.17. The normalized spacial score (nSPS) is 16.7. The summed E-state index contributed by atoms with van der Waals surface area (Å²) in [6.45, 7) is 7.47. The van der Waals surface area contributed by atoms with Crippen LogP contribution in [0.25, 0.3) is 0 Å². The van der Waals surface area contributed by atoms with Crippen LogP contribution in [0.3, 0.4) is 0 Å². The molecule has 1 N–H and O–H groups in total. The Labute approximate surface area is 148 Å². The molecule has 0 aliphatic carbocycles. The number of rotatable bonds is 6. The third-order valence-electron chi connectivity index (χ3n) is 4.74. The Morgan fingerprint density at radius 2 is 1.88 bits per heavy atom. The van der Waals surface area contributed by atoms with Gasteiger partial charge in [0, 0.05) is 18.8 Å². The average molecular weight is 341 g/mol. The lowest BCUT2D eigenvalue weighted by Gasteiger charge is -2.39. The van der Waals surface area contributed by atoms with Gasteiger partial charge in [0.1, 0.15) is 12.0 Å². The van der Waals surface area contributed by atoms with Crippen molar-refractivity contribution in [2.45, 2.75) is 20.0 Å². The van der Waals surface area contributed by atoms with E-state index in [-0.39, 0.29) is 17.9 Å². The molecule has 0 saturated heterocycles. The quantitative estimate of drug-likeness (QED) is 0.869. The van der Waals surface area contributed by atoms with Gasteiger partial charge in [-0.3, -0.25) is 4.79 Å². The monoisotopic (exact) mass is 341 g/mol. The van der Waals surface area contributed by atoms with Crippen molar-refractivity contribution in [3.8, 4) is 0 Å². The molecule has 4 nitrogen and oxygen atoms in total. The summed E-state index contributed by atoms with van der Waals surface area (Å²) >= 11 is 0. The molecule has 1 amide bonds. The molecule has 0 spiro atoms. The van der Waals surface area contributed by atoms with Gasteiger partial charge in [-0.25, -0.2) is 4.39 Å². The Morgan fingerprint density at radius 3 is 2.60 bits per heavy atom. The fourth-order valence-electron chi connectivity index (χ4n) is 3.25. The van der Waals surface area contributed by atoms with Crippen molar-refractivity contribution >= 4 is 11.6 Å². The molecule has 132 valence electrons. The number of carbonyl (C=O) groups excluding carboxylic acids is 1. The summed E-state index contributed by atoms with van der Waals surface area (Å²) in [7, 11) is 0. The molecule has 0 fully saturated rings. The van der Waals surface area contributed by atoms with Gasteiger partial charge < -0.3 is 15.1 Å². The second kappa shape index (κ2) is 7.66. The topological polar surface area (TPSA) is 35.6 Å². The predicted molar refractivity (Wildman–Crippen MR) is 98.0 cm³/mol. The minimum Gasteiger partial charge on any atom is -0.361 e. The molecule has 0 unspecified atom stereocenters. The smallest absolute Gasteiger partial charge is 0.257 e. The second-order valence-electron chi connectivity index (χ2n) is 6.17. The fourth-order valence-corrected chi connectivity index (χ4v) is 3.25. The number of fused-ring (bicyclic) bond motifs is 1. The summed E-state index contributed by atoms with van der Waals surface area (Å²) in [5, 5.41) is 3.40. The summed E-state index contributed by atoms with van der Waals surface area (Å²) in [6.07, 6.45) is -0.367. The zero-order chi connectivity index (χ0) is 17.8. The van der Waals surface area contributed by atoms with Crippen molar-refractivity contribution in [3.63, 3.8) is 0 Å². The molecule has 25 heavy (non-hydrogen) atoms. The van der Waals surface area contributed by atoms with Gasteiger partial charge in [0.2, 0.25) is 0 Å². The molecule has 5 heteroatoms. The first kappa shape index (κ1) is 17.4. The van der Waals surface area contributed by atoms with Crippen LogP contribution in [0.15, 0.2) is 48.5 Å². The van der Waals surface area contributed by atoms with E-state index in [0.29, 0.717) is 12.1 Å². The van der Waals surface area contributed by atoms with E-state index in [2.05, 4.69) is 24.1 Å². The number of hydrogen-bond donors (Lipinski definition) is 1. The lowest BCUT2D eigenvalue weighted by molar-refractivity contribution is 0.0660. The summed E-state index contributed by atoms with van der Waals surface area (Å²) in [6, 6.07) is 13.9. The van der Waals surface area contributed by atoms with E-state index in [1.165, 1.54) is 12.1 Å². The summed E-state index contributed by atoms with van der Waals surface area (Å²) in [5.41, 5.74) is 2.21. The molecular formula is C20H24FN3O. The van der Waals surface area contributed by atoms with Crippen molar-refractivity contribution in [2.75, 3.05) is 31.5 Å². The average Bonchev–Trinajstić information content (AvgIpc) is 2.64. The first-order valence-corrected chi connectivity index (χ1v) is 8.78. The first-order chi connectivity index (χ1) is 12.1. The van der Waals surface area contributed by atoms with E-state index in [1.54, 1.807) is 11.0 Å². The highest BCUT2D eigenvalue weighted by molar-refractivity contribution is 6.01. The molecular weight excluding hydrogens is 317 g/mol. The largest absolute Gasteiger partial charge is 0.361 e. The number of benzene rings is 2. The van der Waals surface area contributed by atoms with E-state index in [4.69, 9.17) is 0 Å². The SMILES string of the molecule is CCN(CC)CCN1C(=O)c2ccccc2N[C@@H]1c1cccc(F)c1. The van der Waals surface area contributed by atoms with Gasteiger partial charge in [-0.2, -0.15) is 0 Å². The van der Waals surface area contributed by atoms with E-state index < -0.39 is 0 Å². The molecule has 0 radical (unpaired) electrons. The molecule has 0 saturated carbocycles. The Hall–Kier alpha value is -2.40. The van der Waals surface area contributed by atoms with Gasteiger partial charge in [0.05, 0.1) is 5.56 Å². The Bertz CT molecular complexity index is 745. The predicted octanol–water partition coefficient (Wildman–Crippen LogP) is 3.73. The van der Waals surface area contributed by atoms with Crippen LogP contribution < -0.4 is 5.32 Å². The van der Waals surface area contributed by atoms with Gasteiger partial charge in [0.25, 0.3) is 5.91 Å². The van der Waals surface area contributed by atoms with E-state index in [0.717, 1.165) is 30.9 Å². The summed E-state index contributed by atoms with van der Waals surface area (Å²) in [4.78, 5) is 17.1. The van der Waals surface area contributed by atoms with Crippen LogP contribution in [0.5, 0.6) is 0 Å². The molecule has 2 aromatic rings. The fraction of sp³-hybridized carbons (Fsp3) is 0.350. The number of halogens is 1. The molecule has 0 aromatic heterocycles. The lowest BCUT2D eigenvalue weighted by atomic mass is 10.0. The number of amides is 1.